The number of hydrogen-bond acceptors (Lipinski definition) is 3. The first-order chi connectivity index (χ1) is 16.7. The molecule has 0 aliphatic carbocycles. The Balaban J connectivity index is 2.49. The lowest BCUT2D eigenvalue weighted by atomic mass is 9.68. The van der Waals surface area contributed by atoms with Gasteiger partial charge in [-0.25, -0.2) is 0 Å². The standard InChI is InChI=1S/C32H42O3/c1-8-20-14-26(15-21(9-2)29(20)33)32(7,27-16-22(10-3)30(34)23(11-4)17-27)28-18-24(12-5)31(35)25(13-6)19-28/h14-19,33-35H,8-13H2,1-7H3. The predicted octanol–water partition coefficient (Wildman–Crippen LogP) is 7.53. The Morgan fingerprint density at radius 3 is 0.743 bits per heavy atom. The number of phenols is 3. The van der Waals surface area contributed by atoms with E-state index in [2.05, 4.69) is 84.9 Å². The van der Waals surface area contributed by atoms with Gasteiger partial charge in [0.2, 0.25) is 0 Å². The van der Waals surface area contributed by atoms with Crippen LogP contribution in [0.4, 0.5) is 0 Å². The molecule has 0 fully saturated rings. The average molecular weight is 475 g/mol. The van der Waals surface area contributed by atoms with Crippen LogP contribution < -0.4 is 0 Å². The number of aryl methyl sites for hydroxylation is 6. The van der Waals surface area contributed by atoms with E-state index in [0.29, 0.717) is 17.2 Å². The van der Waals surface area contributed by atoms with E-state index >= 15 is 0 Å². The van der Waals surface area contributed by atoms with Crippen molar-refractivity contribution in [1.29, 1.82) is 0 Å². The van der Waals surface area contributed by atoms with E-state index < -0.39 is 5.41 Å². The molecule has 0 aromatic heterocycles. The minimum absolute atomic E-state index is 0.393. The summed E-state index contributed by atoms with van der Waals surface area (Å²) >= 11 is 0. The molecule has 35 heavy (non-hydrogen) atoms. The van der Waals surface area contributed by atoms with Crippen molar-refractivity contribution in [3.63, 3.8) is 0 Å². The highest BCUT2D eigenvalue weighted by Crippen LogP contribution is 2.45. The zero-order valence-electron chi connectivity index (χ0n) is 22.5. The molecular formula is C32H42O3. The van der Waals surface area contributed by atoms with E-state index in [1.165, 1.54) is 0 Å². The predicted molar refractivity (Wildman–Crippen MR) is 146 cm³/mol. The van der Waals surface area contributed by atoms with Crippen LogP contribution in [0.15, 0.2) is 36.4 Å². The molecule has 0 amide bonds. The van der Waals surface area contributed by atoms with Crippen LogP contribution in [-0.2, 0) is 43.9 Å². The fraction of sp³-hybridized carbons (Fsp3) is 0.438. The van der Waals surface area contributed by atoms with Crippen molar-refractivity contribution in [3.05, 3.63) is 86.5 Å². The summed E-state index contributed by atoms with van der Waals surface area (Å²) < 4.78 is 0. The molecule has 0 atom stereocenters. The molecule has 0 saturated carbocycles. The van der Waals surface area contributed by atoms with Gasteiger partial charge >= 0.3 is 0 Å². The van der Waals surface area contributed by atoms with E-state index in [1.54, 1.807) is 0 Å². The molecule has 3 heteroatoms. The van der Waals surface area contributed by atoms with Crippen LogP contribution in [-0.4, -0.2) is 15.3 Å². The van der Waals surface area contributed by atoms with Gasteiger partial charge in [-0.1, -0.05) is 77.9 Å². The number of benzene rings is 3. The molecule has 0 unspecified atom stereocenters. The highest BCUT2D eigenvalue weighted by atomic mass is 16.3. The van der Waals surface area contributed by atoms with Gasteiger partial charge in [-0.3, -0.25) is 0 Å². The minimum Gasteiger partial charge on any atom is -0.507 e. The molecule has 3 aromatic carbocycles. The second-order valence-electron chi connectivity index (χ2n) is 9.68. The monoisotopic (exact) mass is 474 g/mol. The van der Waals surface area contributed by atoms with Gasteiger partial charge in [0.1, 0.15) is 17.2 Å². The number of hydrogen-bond donors (Lipinski definition) is 3. The Bertz CT molecular complexity index is 981. The van der Waals surface area contributed by atoms with Gasteiger partial charge in [0.15, 0.2) is 0 Å². The zero-order chi connectivity index (χ0) is 25.9. The van der Waals surface area contributed by atoms with Crippen LogP contribution >= 0.6 is 0 Å². The van der Waals surface area contributed by atoms with Crippen molar-refractivity contribution in [2.45, 2.75) is 92.4 Å². The van der Waals surface area contributed by atoms with Gasteiger partial charge in [-0.2, -0.15) is 0 Å². The fourth-order valence-electron chi connectivity index (χ4n) is 5.26. The Morgan fingerprint density at radius 1 is 0.429 bits per heavy atom. The van der Waals surface area contributed by atoms with Crippen molar-refractivity contribution < 1.29 is 15.3 Å². The van der Waals surface area contributed by atoms with Gasteiger partial charge in [-0.15, -0.1) is 0 Å². The first-order valence-electron chi connectivity index (χ1n) is 13.2. The lowest BCUT2D eigenvalue weighted by Crippen LogP contribution is -2.27. The van der Waals surface area contributed by atoms with Gasteiger partial charge in [0.05, 0.1) is 0 Å². The summed E-state index contributed by atoms with van der Waals surface area (Å²) in [6, 6.07) is 12.8. The largest absolute Gasteiger partial charge is 0.507 e. The summed E-state index contributed by atoms with van der Waals surface area (Å²) in [6.07, 6.45) is 4.47. The molecule has 188 valence electrons. The van der Waals surface area contributed by atoms with Crippen LogP contribution in [0.25, 0.3) is 0 Å². The molecule has 0 heterocycles. The summed E-state index contributed by atoms with van der Waals surface area (Å²) in [5.41, 5.74) is 8.49. The third kappa shape index (κ3) is 4.66. The number of rotatable bonds is 9. The van der Waals surface area contributed by atoms with Crippen molar-refractivity contribution in [1.82, 2.24) is 0 Å². The number of phenolic OH excluding ortho intramolecular Hbond substituents is 3. The first-order valence-corrected chi connectivity index (χ1v) is 13.2. The highest BCUT2D eigenvalue weighted by Gasteiger charge is 2.34. The van der Waals surface area contributed by atoms with E-state index in [1.807, 2.05) is 0 Å². The summed E-state index contributed by atoms with van der Waals surface area (Å²) in [7, 11) is 0. The molecule has 3 N–H and O–H groups in total. The molecule has 0 radical (unpaired) electrons. The SMILES string of the molecule is CCc1cc(C(C)(c2cc(CC)c(O)c(CC)c2)c2cc(CC)c(O)c(CC)c2)cc(CC)c1O. The summed E-state index contributed by atoms with van der Waals surface area (Å²) in [6.45, 7) is 14.7. The Hall–Kier alpha value is -2.94. The summed E-state index contributed by atoms with van der Waals surface area (Å²) in [5.74, 6) is 1.18. The molecule has 0 spiro atoms. The molecule has 0 aliphatic heterocycles. The molecule has 3 nitrogen and oxygen atoms in total. The third-order valence-electron chi connectivity index (χ3n) is 7.82. The Labute approximate surface area is 211 Å². The molecule has 0 saturated heterocycles. The maximum absolute atomic E-state index is 10.9. The summed E-state index contributed by atoms with van der Waals surface area (Å²) in [5, 5.41) is 32.6. The second kappa shape index (κ2) is 10.8. The van der Waals surface area contributed by atoms with Crippen LogP contribution in [0, 0.1) is 0 Å². The minimum atomic E-state index is -0.537. The van der Waals surface area contributed by atoms with Gasteiger partial charge in [-0.05, 0) is 95.5 Å². The average Bonchev–Trinajstić information content (AvgIpc) is 2.88. The number of aromatic hydroxyl groups is 3. The Morgan fingerprint density at radius 2 is 0.600 bits per heavy atom. The van der Waals surface area contributed by atoms with E-state index in [0.717, 1.165) is 88.6 Å². The van der Waals surface area contributed by atoms with Crippen LogP contribution in [0.2, 0.25) is 0 Å². The topological polar surface area (TPSA) is 60.7 Å². The van der Waals surface area contributed by atoms with E-state index in [9.17, 15) is 15.3 Å². The third-order valence-corrected chi connectivity index (χ3v) is 7.82. The van der Waals surface area contributed by atoms with E-state index in [-0.39, 0.29) is 0 Å². The maximum atomic E-state index is 10.9. The van der Waals surface area contributed by atoms with Gasteiger partial charge in [0, 0.05) is 5.41 Å². The van der Waals surface area contributed by atoms with Crippen LogP contribution in [0.5, 0.6) is 17.2 Å². The Kier molecular flexibility index (Phi) is 8.20. The summed E-state index contributed by atoms with van der Waals surface area (Å²) in [4.78, 5) is 0. The van der Waals surface area contributed by atoms with Gasteiger partial charge < -0.3 is 15.3 Å². The molecule has 3 rings (SSSR count). The van der Waals surface area contributed by atoms with Crippen molar-refractivity contribution in [2.24, 2.45) is 0 Å². The van der Waals surface area contributed by atoms with Gasteiger partial charge in [0.25, 0.3) is 0 Å². The molecule has 3 aromatic rings. The second-order valence-corrected chi connectivity index (χ2v) is 9.68. The maximum Gasteiger partial charge on any atom is 0.121 e. The quantitative estimate of drug-likeness (QED) is 0.281. The lowest BCUT2D eigenvalue weighted by Gasteiger charge is -2.35. The fourth-order valence-corrected chi connectivity index (χ4v) is 5.26. The normalized spacial score (nSPS) is 11.7. The van der Waals surface area contributed by atoms with Crippen LogP contribution in [0.1, 0.15) is 98.5 Å². The molecular weight excluding hydrogens is 432 g/mol. The molecule has 0 bridgehead atoms. The van der Waals surface area contributed by atoms with Crippen molar-refractivity contribution in [3.8, 4) is 17.2 Å². The van der Waals surface area contributed by atoms with Crippen LogP contribution in [0.3, 0.4) is 0 Å². The van der Waals surface area contributed by atoms with Crippen molar-refractivity contribution >= 4 is 0 Å². The molecule has 0 aliphatic rings. The van der Waals surface area contributed by atoms with E-state index in [4.69, 9.17) is 0 Å². The van der Waals surface area contributed by atoms with Crippen molar-refractivity contribution in [2.75, 3.05) is 0 Å². The zero-order valence-corrected chi connectivity index (χ0v) is 22.5. The smallest absolute Gasteiger partial charge is 0.121 e. The first kappa shape index (κ1) is 26.7. The lowest BCUT2D eigenvalue weighted by molar-refractivity contribution is 0.460. The highest BCUT2D eigenvalue weighted by molar-refractivity contribution is 5.60.